The van der Waals surface area contributed by atoms with Crippen LogP contribution < -0.4 is 5.32 Å². The summed E-state index contributed by atoms with van der Waals surface area (Å²) in [6, 6.07) is 14.3. The number of hydrogen-bond donors (Lipinski definition) is 1. The summed E-state index contributed by atoms with van der Waals surface area (Å²) >= 11 is 9.43. The molecule has 25 heavy (non-hydrogen) atoms. The quantitative estimate of drug-likeness (QED) is 0.768. The zero-order valence-corrected chi connectivity index (χ0v) is 16.5. The minimum atomic E-state index is -0.573. The summed E-state index contributed by atoms with van der Waals surface area (Å²) in [5.74, 6) is -0.326. The zero-order chi connectivity index (χ0) is 18.4. The molecule has 2 amide bonds. The highest BCUT2D eigenvalue weighted by Crippen LogP contribution is 2.17. The maximum atomic E-state index is 12.9. The zero-order valence-electron chi connectivity index (χ0n) is 14.1. The lowest BCUT2D eigenvalue weighted by atomic mass is 10.1. The van der Waals surface area contributed by atoms with Crippen LogP contribution in [0.4, 0.5) is 0 Å². The molecule has 0 aliphatic carbocycles. The molecule has 0 radical (unpaired) electrons. The second kappa shape index (κ2) is 9.02. The van der Waals surface area contributed by atoms with Crippen molar-refractivity contribution < 1.29 is 9.59 Å². The lowest BCUT2D eigenvalue weighted by molar-refractivity contribution is -0.139. The van der Waals surface area contributed by atoms with Gasteiger partial charge in [-0.15, -0.1) is 0 Å². The fourth-order valence-corrected chi connectivity index (χ4v) is 3.21. The highest BCUT2D eigenvalue weighted by molar-refractivity contribution is 9.10. The first-order chi connectivity index (χ1) is 11.9. The molecule has 0 saturated heterocycles. The van der Waals surface area contributed by atoms with Crippen molar-refractivity contribution in [3.63, 3.8) is 0 Å². The number of hydrogen-bond acceptors (Lipinski definition) is 2. The summed E-state index contributed by atoms with van der Waals surface area (Å²) in [6.07, 6.45) is 0.190. The van der Waals surface area contributed by atoms with E-state index in [0.717, 1.165) is 15.6 Å². The molecule has 0 unspecified atom stereocenters. The average molecular weight is 424 g/mol. The summed E-state index contributed by atoms with van der Waals surface area (Å²) in [5.41, 5.74) is 1.77. The summed E-state index contributed by atoms with van der Waals surface area (Å²) < 4.78 is 0.930. The van der Waals surface area contributed by atoms with Gasteiger partial charge in [0.2, 0.25) is 11.8 Å². The predicted molar refractivity (Wildman–Crippen MR) is 103 cm³/mol. The molecule has 6 heteroatoms. The van der Waals surface area contributed by atoms with Gasteiger partial charge in [0.1, 0.15) is 6.04 Å². The second-order valence-corrected chi connectivity index (χ2v) is 7.10. The highest BCUT2D eigenvalue weighted by Gasteiger charge is 2.25. The number of nitrogens with zero attached hydrogens (tertiary/aromatic N) is 1. The van der Waals surface area contributed by atoms with Crippen LogP contribution in [0.3, 0.4) is 0 Å². The van der Waals surface area contributed by atoms with Gasteiger partial charge < -0.3 is 10.2 Å². The Balaban J connectivity index is 2.23. The predicted octanol–water partition coefficient (Wildman–Crippen LogP) is 3.81. The number of benzene rings is 2. The molecule has 1 atom stereocenters. The molecule has 4 nitrogen and oxygen atoms in total. The van der Waals surface area contributed by atoms with Crippen molar-refractivity contribution in [2.75, 3.05) is 7.05 Å². The van der Waals surface area contributed by atoms with Crippen LogP contribution in [0, 0.1) is 0 Å². The topological polar surface area (TPSA) is 49.4 Å². The van der Waals surface area contributed by atoms with Crippen LogP contribution in [-0.4, -0.2) is 29.8 Å². The number of nitrogens with one attached hydrogen (secondary N) is 1. The summed E-state index contributed by atoms with van der Waals surface area (Å²) in [5, 5.41) is 3.19. The molecular formula is C19H20BrClN2O2. The Hall–Kier alpha value is -1.85. The van der Waals surface area contributed by atoms with Crippen molar-refractivity contribution in [3.05, 3.63) is 69.2 Å². The van der Waals surface area contributed by atoms with E-state index in [1.807, 2.05) is 36.4 Å². The molecule has 132 valence electrons. The largest absolute Gasteiger partial charge is 0.357 e. The molecule has 0 heterocycles. The maximum absolute atomic E-state index is 12.9. The van der Waals surface area contributed by atoms with Crippen molar-refractivity contribution in [2.45, 2.75) is 25.9 Å². The lowest BCUT2D eigenvalue weighted by Crippen LogP contribution is -2.47. The van der Waals surface area contributed by atoms with Crippen molar-refractivity contribution in [1.29, 1.82) is 0 Å². The minimum absolute atomic E-state index is 0.127. The third-order valence-corrected chi connectivity index (χ3v) is 4.63. The van der Waals surface area contributed by atoms with Gasteiger partial charge in [-0.3, -0.25) is 9.59 Å². The Morgan fingerprint density at radius 1 is 1.16 bits per heavy atom. The van der Waals surface area contributed by atoms with Gasteiger partial charge in [-0.1, -0.05) is 51.8 Å². The van der Waals surface area contributed by atoms with Gasteiger partial charge >= 0.3 is 0 Å². The number of carbonyl (C=O) groups is 2. The minimum Gasteiger partial charge on any atom is -0.357 e. The normalized spacial score (nSPS) is 11.7. The van der Waals surface area contributed by atoms with E-state index in [4.69, 9.17) is 11.6 Å². The van der Waals surface area contributed by atoms with E-state index in [0.29, 0.717) is 11.6 Å². The fourth-order valence-electron chi connectivity index (χ4n) is 2.55. The van der Waals surface area contributed by atoms with Gasteiger partial charge in [0.05, 0.1) is 6.42 Å². The first-order valence-corrected chi connectivity index (χ1v) is 9.07. The Labute approximate surface area is 161 Å². The van der Waals surface area contributed by atoms with E-state index in [9.17, 15) is 9.59 Å². The SMILES string of the molecule is CNC(=O)[C@@H](C)N(Cc1cccc(Br)c1)C(=O)Cc1cccc(Cl)c1. The van der Waals surface area contributed by atoms with Crippen molar-refractivity contribution in [3.8, 4) is 0 Å². The monoisotopic (exact) mass is 422 g/mol. The molecule has 0 fully saturated rings. The van der Waals surface area contributed by atoms with Gasteiger partial charge in [-0.05, 0) is 42.3 Å². The Morgan fingerprint density at radius 3 is 2.48 bits per heavy atom. The fraction of sp³-hybridized carbons (Fsp3) is 0.263. The number of carbonyl (C=O) groups excluding carboxylic acids is 2. The summed E-state index contributed by atoms with van der Waals surface area (Å²) in [6.45, 7) is 2.08. The van der Waals surface area contributed by atoms with Crippen molar-refractivity contribution in [2.24, 2.45) is 0 Å². The van der Waals surface area contributed by atoms with Crippen LogP contribution in [0.5, 0.6) is 0 Å². The molecule has 0 spiro atoms. The third kappa shape index (κ3) is 5.58. The van der Waals surface area contributed by atoms with Crippen molar-refractivity contribution in [1.82, 2.24) is 10.2 Å². The van der Waals surface area contributed by atoms with E-state index >= 15 is 0 Å². The number of amides is 2. The number of halogens is 2. The molecule has 0 aliphatic rings. The molecule has 2 aromatic carbocycles. The van der Waals surface area contributed by atoms with Gasteiger partial charge in [-0.25, -0.2) is 0 Å². The van der Waals surface area contributed by atoms with Crippen LogP contribution in [0.2, 0.25) is 5.02 Å². The van der Waals surface area contributed by atoms with Crippen LogP contribution in [-0.2, 0) is 22.6 Å². The molecule has 1 N–H and O–H groups in total. The van der Waals surface area contributed by atoms with Crippen molar-refractivity contribution >= 4 is 39.3 Å². The number of likely N-dealkylation sites (N-methyl/N-ethyl adjacent to an activating group) is 1. The van der Waals surface area contributed by atoms with Crippen LogP contribution in [0.25, 0.3) is 0 Å². The van der Waals surface area contributed by atoms with E-state index < -0.39 is 6.04 Å². The molecule has 0 saturated carbocycles. The lowest BCUT2D eigenvalue weighted by Gasteiger charge is -2.28. The van der Waals surface area contributed by atoms with Crippen LogP contribution in [0.15, 0.2) is 53.0 Å². The van der Waals surface area contributed by atoms with Crippen LogP contribution >= 0.6 is 27.5 Å². The van der Waals surface area contributed by atoms with Gasteiger partial charge in [0.15, 0.2) is 0 Å². The van der Waals surface area contributed by atoms with Gasteiger partial charge in [-0.2, -0.15) is 0 Å². The first-order valence-electron chi connectivity index (χ1n) is 7.90. The van der Waals surface area contributed by atoms with Crippen LogP contribution in [0.1, 0.15) is 18.1 Å². The third-order valence-electron chi connectivity index (χ3n) is 3.90. The standard InChI is InChI=1S/C19H20BrClN2O2/c1-13(19(25)22-2)23(12-15-6-3-7-16(20)9-15)18(24)11-14-5-4-8-17(21)10-14/h3-10,13H,11-12H2,1-2H3,(H,22,25)/t13-/m1/s1. The molecule has 2 aromatic rings. The smallest absolute Gasteiger partial charge is 0.242 e. The molecule has 0 bridgehead atoms. The van der Waals surface area contributed by atoms with E-state index in [1.54, 1.807) is 31.0 Å². The molecule has 0 aromatic heterocycles. The summed E-state index contributed by atoms with van der Waals surface area (Å²) in [7, 11) is 1.57. The van der Waals surface area contributed by atoms with E-state index in [2.05, 4.69) is 21.2 Å². The van der Waals surface area contributed by atoms with E-state index in [-0.39, 0.29) is 18.2 Å². The first kappa shape index (κ1) is 19.5. The maximum Gasteiger partial charge on any atom is 0.242 e. The Kier molecular flexibility index (Phi) is 7.02. The van der Waals surface area contributed by atoms with Gasteiger partial charge in [0, 0.05) is 23.1 Å². The van der Waals surface area contributed by atoms with Gasteiger partial charge in [0.25, 0.3) is 0 Å². The molecule has 2 rings (SSSR count). The Morgan fingerprint density at radius 2 is 1.84 bits per heavy atom. The second-order valence-electron chi connectivity index (χ2n) is 5.75. The summed E-state index contributed by atoms with van der Waals surface area (Å²) in [4.78, 5) is 26.5. The van der Waals surface area contributed by atoms with E-state index in [1.165, 1.54) is 0 Å². The molecule has 0 aliphatic heterocycles. The number of rotatable bonds is 6. The highest BCUT2D eigenvalue weighted by atomic mass is 79.9. The Bertz CT molecular complexity index is 767. The average Bonchev–Trinajstić information content (AvgIpc) is 2.58. The molecular weight excluding hydrogens is 404 g/mol.